The van der Waals surface area contributed by atoms with E-state index in [0.29, 0.717) is 36.3 Å². The predicted octanol–water partition coefficient (Wildman–Crippen LogP) is 3.47. The average molecular weight is 431 g/mol. The third-order valence-corrected chi connectivity index (χ3v) is 6.48. The minimum absolute atomic E-state index is 0.0151. The molecule has 3 aliphatic rings. The van der Waals surface area contributed by atoms with Gasteiger partial charge in [0.25, 0.3) is 5.91 Å². The van der Waals surface area contributed by atoms with Gasteiger partial charge in [0, 0.05) is 19.6 Å². The largest absolute Gasteiger partial charge is 0.503 e. The number of allylic oxidation sites excluding steroid dienone is 1. The van der Waals surface area contributed by atoms with Crippen LogP contribution >= 0.6 is 11.6 Å². The molecule has 1 aliphatic carbocycles. The molecule has 1 aromatic heterocycles. The molecule has 30 heavy (non-hydrogen) atoms. The molecule has 0 saturated carbocycles. The van der Waals surface area contributed by atoms with Crippen molar-refractivity contribution in [3.63, 3.8) is 0 Å². The second-order valence-corrected chi connectivity index (χ2v) is 8.35. The summed E-state index contributed by atoms with van der Waals surface area (Å²) in [6, 6.07) is 4.29. The highest BCUT2D eigenvalue weighted by molar-refractivity contribution is 6.30. The van der Waals surface area contributed by atoms with Gasteiger partial charge in [-0.05, 0) is 37.0 Å². The molecule has 1 aromatic carbocycles. The van der Waals surface area contributed by atoms with Gasteiger partial charge < -0.3 is 19.3 Å². The first-order chi connectivity index (χ1) is 14.4. The number of hydrogen-bond acceptors (Lipinski definition) is 4. The molecular weight excluding hydrogens is 411 g/mol. The molecule has 0 fully saturated rings. The third kappa shape index (κ3) is 2.80. The highest BCUT2D eigenvalue weighted by Gasteiger charge is 2.45. The Labute approximate surface area is 177 Å². The van der Waals surface area contributed by atoms with Gasteiger partial charge in [-0.15, -0.1) is 0 Å². The smallest absolute Gasteiger partial charge is 0.274 e. The Morgan fingerprint density at radius 3 is 2.83 bits per heavy atom. The van der Waals surface area contributed by atoms with Gasteiger partial charge in [-0.1, -0.05) is 29.8 Å². The molecular formula is C22H20ClFN2O4. The highest BCUT2D eigenvalue weighted by Crippen LogP contribution is 2.43. The number of aromatic nitrogens is 1. The van der Waals surface area contributed by atoms with Crippen molar-refractivity contribution in [2.24, 2.45) is 0 Å². The van der Waals surface area contributed by atoms with Gasteiger partial charge in [-0.25, -0.2) is 4.39 Å². The molecule has 156 valence electrons. The lowest BCUT2D eigenvalue weighted by Crippen LogP contribution is -2.43. The summed E-state index contributed by atoms with van der Waals surface area (Å²) in [5.74, 6) is -1.51. The number of amides is 1. The Hall–Kier alpha value is -2.64. The summed E-state index contributed by atoms with van der Waals surface area (Å²) >= 11 is 5.85. The van der Waals surface area contributed by atoms with E-state index in [9.17, 15) is 19.1 Å². The Balaban J connectivity index is 1.55. The molecule has 1 atom stereocenters. The highest BCUT2D eigenvalue weighted by atomic mass is 35.5. The number of fused-ring (bicyclic) bond motifs is 4. The summed E-state index contributed by atoms with van der Waals surface area (Å²) < 4.78 is 21.2. The molecule has 0 radical (unpaired) electrons. The zero-order chi connectivity index (χ0) is 21.0. The van der Waals surface area contributed by atoms with Crippen LogP contribution in [0.5, 0.6) is 5.75 Å². The van der Waals surface area contributed by atoms with E-state index in [1.807, 2.05) is 12.2 Å². The molecule has 1 N–H and O–H groups in total. The van der Waals surface area contributed by atoms with Gasteiger partial charge in [0.05, 0.1) is 22.9 Å². The van der Waals surface area contributed by atoms with Crippen LogP contribution in [0.4, 0.5) is 4.39 Å². The number of pyridine rings is 1. The van der Waals surface area contributed by atoms with E-state index in [-0.39, 0.29) is 23.9 Å². The second kappa shape index (κ2) is 6.96. The van der Waals surface area contributed by atoms with Crippen molar-refractivity contribution >= 4 is 17.5 Å². The minimum Gasteiger partial charge on any atom is -0.503 e. The lowest BCUT2D eigenvalue weighted by atomic mass is 9.84. The molecule has 8 heteroatoms. The fraction of sp³-hybridized carbons (Fsp3) is 0.364. The number of aromatic hydroxyl groups is 1. The summed E-state index contributed by atoms with van der Waals surface area (Å²) in [5.41, 5.74) is 0.415. The van der Waals surface area contributed by atoms with Crippen LogP contribution in [0, 0.1) is 5.82 Å². The third-order valence-electron chi connectivity index (χ3n) is 6.19. The first-order valence-corrected chi connectivity index (χ1v) is 10.3. The standard InChI is InChI=1S/C22H20ClFN2O4/c23-14-10-13(4-5-15(14)24)11-25-8-9-26-16-12-30-22(6-2-1-3-7-22)17(16)19(27)20(28)18(26)21(25)29/h2,4-6,10,28H,1,3,7-9,11-12H2. The maximum absolute atomic E-state index is 13.4. The number of carbonyl (C=O) groups excluding carboxylic acids is 1. The first kappa shape index (κ1) is 19.3. The zero-order valence-corrected chi connectivity index (χ0v) is 16.9. The Bertz CT molecular complexity index is 1160. The number of nitrogens with zero attached hydrogens (tertiary/aromatic N) is 2. The van der Waals surface area contributed by atoms with Gasteiger partial charge in [0.1, 0.15) is 11.4 Å². The Kier molecular flexibility index (Phi) is 4.48. The van der Waals surface area contributed by atoms with Crippen LogP contribution < -0.4 is 5.43 Å². The van der Waals surface area contributed by atoms with Crippen molar-refractivity contribution in [3.8, 4) is 5.75 Å². The number of carbonyl (C=O) groups is 1. The summed E-state index contributed by atoms with van der Waals surface area (Å²) in [4.78, 5) is 27.8. The van der Waals surface area contributed by atoms with Gasteiger partial charge in [-0.3, -0.25) is 9.59 Å². The van der Waals surface area contributed by atoms with E-state index < -0.39 is 28.5 Å². The van der Waals surface area contributed by atoms with Crippen molar-refractivity contribution in [1.82, 2.24) is 9.47 Å². The topological polar surface area (TPSA) is 71.8 Å². The van der Waals surface area contributed by atoms with E-state index in [1.165, 1.54) is 17.0 Å². The number of benzene rings is 1. The number of halogens is 2. The summed E-state index contributed by atoms with van der Waals surface area (Å²) in [6.07, 6.45) is 6.41. The second-order valence-electron chi connectivity index (χ2n) is 7.95. The van der Waals surface area contributed by atoms with E-state index in [2.05, 4.69) is 0 Å². The molecule has 0 bridgehead atoms. The average Bonchev–Trinajstić information content (AvgIpc) is 3.09. The molecule has 0 saturated heterocycles. The van der Waals surface area contributed by atoms with Crippen molar-refractivity contribution in [2.75, 3.05) is 6.54 Å². The van der Waals surface area contributed by atoms with Crippen LogP contribution in [-0.4, -0.2) is 27.0 Å². The molecule has 2 aliphatic heterocycles. The first-order valence-electron chi connectivity index (χ1n) is 9.95. The molecule has 3 heterocycles. The van der Waals surface area contributed by atoms with E-state index in [1.54, 1.807) is 10.6 Å². The molecule has 2 aromatic rings. The Morgan fingerprint density at radius 2 is 2.10 bits per heavy atom. The maximum Gasteiger partial charge on any atom is 0.274 e. The summed E-state index contributed by atoms with van der Waals surface area (Å²) in [5, 5.41) is 10.7. The van der Waals surface area contributed by atoms with Gasteiger partial charge >= 0.3 is 0 Å². The van der Waals surface area contributed by atoms with Crippen molar-refractivity contribution < 1.29 is 19.0 Å². The van der Waals surface area contributed by atoms with E-state index in [0.717, 1.165) is 12.8 Å². The maximum atomic E-state index is 13.4. The van der Waals surface area contributed by atoms with Crippen LogP contribution in [0.15, 0.2) is 35.1 Å². The predicted molar refractivity (Wildman–Crippen MR) is 108 cm³/mol. The van der Waals surface area contributed by atoms with E-state index in [4.69, 9.17) is 16.3 Å². The van der Waals surface area contributed by atoms with E-state index >= 15 is 0 Å². The van der Waals surface area contributed by atoms with Gasteiger partial charge in [-0.2, -0.15) is 0 Å². The number of ether oxygens (including phenoxy) is 1. The van der Waals surface area contributed by atoms with Crippen LogP contribution in [0.25, 0.3) is 0 Å². The fourth-order valence-corrected chi connectivity index (χ4v) is 4.93. The van der Waals surface area contributed by atoms with Crippen LogP contribution in [0.3, 0.4) is 0 Å². The van der Waals surface area contributed by atoms with Crippen LogP contribution in [0.1, 0.15) is 46.6 Å². The molecule has 1 spiro atoms. The number of rotatable bonds is 2. The van der Waals surface area contributed by atoms with Crippen LogP contribution in [-0.2, 0) is 30.0 Å². The molecule has 1 unspecified atom stereocenters. The summed E-state index contributed by atoms with van der Waals surface area (Å²) in [6.45, 7) is 1.24. The van der Waals surface area contributed by atoms with Gasteiger partial charge in [0.2, 0.25) is 5.43 Å². The minimum atomic E-state index is -0.810. The van der Waals surface area contributed by atoms with Crippen molar-refractivity contribution in [3.05, 3.63) is 73.9 Å². The molecule has 1 amide bonds. The van der Waals surface area contributed by atoms with Crippen molar-refractivity contribution in [2.45, 2.75) is 44.6 Å². The number of hydrogen-bond donors (Lipinski definition) is 1. The molecule has 5 rings (SSSR count). The summed E-state index contributed by atoms with van der Waals surface area (Å²) in [7, 11) is 0. The monoisotopic (exact) mass is 430 g/mol. The quantitative estimate of drug-likeness (QED) is 0.740. The lowest BCUT2D eigenvalue weighted by molar-refractivity contribution is -0.0114. The fourth-order valence-electron chi connectivity index (χ4n) is 4.72. The Morgan fingerprint density at radius 1 is 1.27 bits per heavy atom. The van der Waals surface area contributed by atoms with Gasteiger partial charge in [0.15, 0.2) is 11.4 Å². The van der Waals surface area contributed by atoms with Crippen molar-refractivity contribution in [1.29, 1.82) is 0 Å². The molecule has 6 nitrogen and oxygen atoms in total. The lowest BCUT2D eigenvalue weighted by Gasteiger charge is -2.33. The SMILES string of the molecule is O=C1c2c(O)c(=O)c3c(n2CCN1Cc1ccc(F)c(Cl)c1)COC31C=CCCC1. The van der Waals surface area contributed by atoms with Crippen LogP contribution in [0.2, 0.25) is 5.02 Å². The zero-order valence-electron chi connectivity index (χ0n) is 16.2. The normalized spacial score (nSPS) is 22.5.